The van der Waals surface area contributed by atoms with Crippen molar-refractivity contribution in [2.45, 2.75) is 19.4 Å². The molecule has 0 aliphatic carbocycles. The number of nitriles is 1. The Labute approximate surface area is 89.9 Å². The lowest BCUT2D eigenvalue weighted by atomic mass is 10.2. The van der Waals surface area contributed by atoms with Gasteiger partial charge in [0.2, 0.25) is 0 Å². The molecule has 0 radical (unpaired) electrons. The van der Waals surface area contributed by atoms with Crippen LogP contribution in [0.4, 0.5) is 4.39 Å². The molecule has 0 saturated heterocycles. The number of rotatable bonds is 5. The Hall–Kier alpha value is -1.40. The van der Waals surface area contributed by atoms with E-state index in [1.807, 2.05) is 7.05 Å². The van der Waals surface area contributed by atoms with Crippen molar-refractivity contribution in [3.8, 4) is 6.07 Å². The molecule has 1 aromatic rings. The lowest BCUT2D eigenvalue weighted by molar-refractivity contribution is 0.323. The van der Waals surface area contributed by atoms with E-state index in [2.05, 4.69) is 11.0 Å². The second kappa shape index (κ2) is 6.15. The Bertz CT molecular complexity index is 326. The van der Waals surface area contributed by atoms with Crippen LogP contribution in [0.5, 0.6) is 0 Å². The van der Waals surface area contributed by atoms with Gasteiger partial charge in [0.1, 0.15) is 5.82 Å². The third-order valence-corrected chi connectivity index (χ3v) is 2.19. The highest BCUT2D eigenvalue weighted by molar-refractivity contribution is 5.15. The molecule has 15 heavy (non-hydrogen) atoms. The number of hydrogen-bond donors (Lipinski definition) is 0. The van der Waals surface area contributed by atoms with Crippen molar-refractivity contribution in [3.63, 3.8) is 0 Å². The first-order valence-electron chi connectivity index (χ1n) is 5.02. The lowest BCUT2D eigenvalue weighted by Gasteiger charge is -2.15. The first kappa shape index (κ1) is 11.7. The van der Waals surface area contributed by atoms with Gasteiger partial charge in [-0.05, 0) is 37.7 Å². The molecule has 0 unspecified atom stereocenters. The van der Waals surface area contributed by atoms with Crippen LogP contribution >= 0.6 is 0 Å². The van der Waals surface area contributed by atoms with Crippen molar-refractivity contribution in [1.82, 2.24) is 4.90 Å². The highest BCUT2D eigenvalue weighted by Gasteiger charge is 2.00. The van der Waals surface area contributed by atoms with Gasteiger partial charge < -0.3 is 4.90 Å². The van der Waals surface area contributed by atoms with Crippen LogP contribution in [-0.4, -0.2) is 18.5 Å². The van der Waals surface area contributed by atoms with Gasteiger partial charge in [-0.1, -0.05) is 12.1 Å². The summed E-state index contributed by atoms with van der Waals surface area (Å²) in [6.45, 7) is 1.69. The third kappa shape index (κ3) is 4.57. The van der Waals surface area contributed by atoms with E-state index in [-0.39, 0.29) is 5.82 Å². The molecule has 2 nitrogen and oxygen atoms in total. The Morgan fingerprint density at radius 3 is 2.60 bits per heavy atom. The number of halogens is 1. The highest BCUT2D eigenvalue weighted by atomic mass is 19.1. The summed E-state index contributed by atoms with van der Waals surface area (Å²) in [5.41, 5.74) is 1.09. The molecule has 1 aromatic carbocycles. The van der Waals surface area contributed by atoms with Gasteiger partial charge in [0.15, 0.2) is 0 Å². The van der Waals surface area contributed by atoms with E-state index in [0.29, 0.717) is 6.42 Å². The first-order chi connectivity index (χ1) is 7.22. The summed E-state index contributed by atoms with van der Waals surface area (Å²) < 4.78 is 12.6. The van der Waals surface area contributed by atoms with E-state index < -0.39 is 0 Å². The van der Waals surface area contributed by atoms with Crippen molar-refractivity contribution in [2.75, 3.05) is 13.6 Å². The fourth-order valence-electron chi connectivity index (χ4n) is 1.41. The fourth-order valence-corrected chi connectivity index (χ4v) is 1.41. The van der Waals surface area contributed by atoms with Crippen molar-refractivity contribution in [1.29, 1.82) is 5.26 Å². The average Bonchev–Trinajstić information content (AvgIpc) is 2.22. The molecule has 3 heteroatoms. The van der Waals surface area contributed by atoms with Crippen LogP contribution in [0, 0.1) is 17.1 Å². The summed E-state index contributed by atoms with van der Waals surface area (Å²) in [4.78, 5) is 2.13. The summed E-state index contributed by atoms with van der Waals surface area (Å²) >= 11 is 0. The maximum atomic E-state index is 12.6. The normalized spacial score (nSPS) is 10.3. The minimum absolute atomic E-state index is 0.203. The molecule has 80 valence electrons. The molecular weight excluding hydrogens is 191 g/mol. The molecule has 0 aromatic heterocycles. The smallest absolute Gasteiger partial charge is 0.123 e. The topological polar surface area (TPSA) is 27.0 Å². The molecule has 0 N–H and O–H groups in total. The van der Waals surface area contributed by atoms with Crippen molar-refractivity contribution in [2.24, 2.45) is 0 Å². The summed E-state index contributed by atoms with van der Waals surface area (Å²) in [6.07, 6.45) is 1.47. The fraction of sp³-hybridized carbons (Fsp3) is 0.417. The zero-order chi connectivity index (χ0) is 11.1. The molecular formula is C12H15FN2. The zero-order valence-corrected chi connectivity index (χ0v) is 8.91. The second-order valence-electron chi connectivity index (χ2n) is 3.63. The second-order valence-corrected chi connectivity index (χ2v) is 3.63. The molecule has 0 amide bonds. The Morgan fingerprint density at radius 2 is 2.00 bits per heavy atom. The van der Waals surface area contributed by atoms with Gasteiger partial charge in [-0.25, -0.2) is 4.39 Å². The molecule has 0 spiro atoms. The maximum Gasteiger partial charge on any atom is 0.123 e. The Kier molecular flexibility index (Phi) is 4.79. The highest BCUT2D eigenvalue weighted by Crippen LogP contribution is 2.05. The van der Waals surface area contributed by atoms with Gasteiger partial charge in [-0.2, -0.15) is 5.26 Å². The van der Waals surface area contributed by atoms with Crippen molar-refractivity contribution in [3.05, 3.63) is 35.6 Å². The number of unbranched alkanes of at least 4 members (excludes halogenated alkanes) is 1. The van der Waals surface area contributed by atoms with Crippen LogP contribution in [0.3, 0.4) is 0 Å². The average molecular weight is 206 g/mol. The summed E-state index contributed by atoms with van der Waals surface area (Å²) in [6, 6.07) is 8.64. The van der Waals surface area contributed by atoms with Crippen LogP contribution < -0.4 is 0 Å². The summed E-state index contributed by atoms with van der Waals surface area (Å²) in [5, 5.41) is 8.39. The van der Waals surface area contributed by atoms with Crippen LogP contribution in [0.15, 0.2) is 24.3 Å². The number of hydrogen-bond acceptors (Lipinski definition) is 2. The van der Waals surface area contributed by atoms with Crippen LogP contribution in [-0.2, 0) is 6.54 Å². The van der Waals surface area contributed by atoms with Gasteiger partial charge in [0.05, 0.1) is 6.07 Å². The zero-order valence-electron chi connectivity index (χ0n) is 8.91. The van der Waals surface area contributed by atoms with Crippen molar-refractivity contribution < 1.29 is 4.39 Å². The third-order valence-electron chi connectivity index (χ3n) is 2.19. The lowest BCUT2D eigenvalue weighted by Crippen LogP contribution is -2.18. The molecule has 0 aliphatic rings. The van der Waals surface area contributed by atoms with E-state index in [1.165, 1.54) is 12.1 Å². The Morgan fingerprint density at radius 1 is 1.33 bits per heavy atom. The largest absolute Gasteiger partial charge is 0.302 e. The molecule has 0 fully saturated rings. The van der Waals surface area contributed by atoms with Gasteiger partial charge in [-0.3, -0.25) is 0 Å². The molecule has 0 bridgehead atoms. The molecule has 0 aliphatic heterocycles. The standard InChI is InChI=1S/C12H15FN2/c1-15(9-3-2-8-14)10-11-4-6-12(13)7-5-11/h4-7H,2-3,9-10H2,1H3. The minimum atomic E-state index is -0.203. The minimum Gasteiger partial charge on any atom is -0.302 e. The van der Waals surface area contributed by atoms with Gasteiger partial charge in [0, 0.05) is 13.0 Å². The van der Waals surface area contributed by atoms with E-state index >= 15 is 0 Å². The van der Waals surface area contributed by atoms with Crippen LogP contribution in [0.25, 0.3) is 0 Å². The summed E-state index contributed by atoms with van der Waals surface area (Å²) in [5.74, 6) is -0.203. The Balaban J connectivity index is 2.34. The monoisotopic (exact) mass is 206 g/mol. The van der Waals surface area contributed by atoms with E-state index in [9.17, 15) is 4.39 Å². The quantitative estimate of drug-likeness (QED) is 0.692. The van der Waals surface area contributed by atoms with E-state index in [4.69, 9.17) is 5.26 Å². The van der Waals surface area contributed by atoms with Gasteiger partial charge in [0.25, 0.3) is 0 Å². The number of nitrogens with zero attached hydrogens (tertiary/aromatic N) is 2. The van der Waals surface area contributed by atoms with E-state index in [1.54, 1.807) is 12.1 Å². The van der Waals surface area contributed by atoms with Crippen LogP contribution in [0.1, 0.15) is 18.4 Å². The van der Waals surface area contributed by atoms with Gasteiger partial charge >= 0.3 is 0 Å². The maximum absolute atomic E-state index is 12.6. The molecule has 0 heterocycles. The molecule has 1 rings (SSSR count). The predicted molar refractivity (Wildman–Crippen MR) is 57.6 cm³/mol. The van der Waals surface area contributed by atoms with Crippen LogP contribution in [0.2, 0.25) is 0 Å². The van der Waals surface area contributed by atoms with E-state index in [0.717, 1.165) is 25.1 Å². The number of benzene rings is 1. The SMILES string of the molecule is CN(CCCC#N)Cc1ccc(F)cc1. The summed E-state index contributed by atoms with van der Waals surface area (Å²) in [7, 11) is 2.00. The predicted octanol–water partition coefficient (Wildman–Crippen LogP) is 2.56. The van der Waals surface area contributed by atoms with Gasteiger partial charge in [-0.15, -0.1) is 0 Å². The molecule has 0 saturated carbocycles. The molecule has 0 atom stereocenters. The first-order valence-corrected chi connectivity index (χ1v) is 5.02. The van der Waals surface area contributed by atoms with Crippen molar-refractivity contribution >= 4 is 0 Å².